The van der Waals surface area contributed by atoms with Gasteiger partial charge in [0.1, 0.15) is 11.3 Å². The highest BCUT2D eigenvalue weighted by Crippen LogP contribution is 2.24. The van der Waals surface area contributed by atoms with Crippen LogP contribution in [-0.4, -0.2) is 43.4 Å². The molecule has 1 N–H and O–H groups in total. The summed E-state index contributed by atoms with van der Waals surface area (Å²) in [5.74, 6) is -0.437. The Morgan fingerprint density at radius 2 is 2.10 bits per heavy atom. The summed E-state index contributed by atoms with van der Waals surface area (Å²) in [4.78, 5) is 25.9. The standard InChI is InChI=1S/C14H21N3O4/c1-8-6-16-11(9(2)10(7-18)15-16)12(19)17(8)13(20)21-14(3,4)5/h8,18H,6-7H2,1-5H3. The monoisotopic (exact) mass is 295 g/mol. The molecule has 1 unspecified atom stereocenters. The smallest absolute Gasteiger partial charge is 0.417 e. The number of amides is 2. The fraction of sp³-hybridized carbons (Fsp3) is 0.643. The van der Waals surface area contributed by atoms with E-state index in [0.29, 0.717) is 23.5 Å². The minimum Gasteiger partial charge on any atom is -0.443 e. The first-order valence-corrected chi connectivity index (χ1v) is 6.89. The van der Waals surface area contributed by atoms with Gasteiger partial charge in [0.15, 0.2) is 0 Å². The number of carbonyl (C=O) groups excluding carboxylic acids is 2. The molecule has 2 rings (SSSR count). The van der Waals surface area contributed by atoms with Crippen LogP contribution in [0.5, 0.6) is 0 Å². The van der Waals surface area contributed by atoms with Gasteiger partial charge >= 0.3 is 6.09 Å². The third kappa shape index (κ3) is 2.78. The number of aromatic nitrogens is 2. The average Bonchev–Trinajstić information content (AvgIpc) is 2.63. The van der Waals surface area contributed by atoms with Crippen molar-refractivity contribution in [3.63, 3.8) is 0 Å². The number of rotatable bonds is 1. The molecule has 1 aromatic heterocycles. The zero-order chi connectivity index (χ0) is 15.9. The van der Waals surface area contributed by atoms with Gasteiger partial charge in [-0.1, -0.05) is 0 Å². The molecule has 0 aromatic carbocycles. The minimum absolute atomic E-state index is 0.236. The highest BCUT2D eigenvalue weighted by atomic mass is 16.6. The molecule has 7 nitrogen and oxygen atoms in total. The molecular formula is C14H21N3O4. The van der Waals surface area contributed by atoms with Crippen LogP contribution in [0.1, 0.15) is 49.4 Å². The lowest BCUT2D eigenvalue weighted by Crippen LogP contribution is -2.51. The van der Waals surface area contributed by atoms with Gasteiger partial charge in [-0.05, 0) is 34.6 Å². The first-order valence-electron chi connectivity index (χ1n) is 6.89. The lowest BCUT2D eigenvalue weighted by molar-refractivity contribution is 0.0129. The number of hydrogen-bond donors (Lipinski definition) is 1. The Bertz CT molecular complexity index is 586. The second-order valence-electron chi connectivity index (χ2n) is 6.27. The van der Waals surface area contributed by atoms with Gasteiger partial charge in [0.05, 0.1) is 24.9 Å². The number of nitrogens with zero attached hydrogens (tertiary/aromatic N) is 3. The van der Waals surface area contributed by atoms with Crippen molar-refractivity contribution in [1.29, 1.82) is 0 Å². The van der Waals surface area contributed by atoms with E-state index in [9.17, 15) is 14.7 Å². The van der Waals surface area contributed by atoms with E-state index in [1.807, 2.05) is 0 Å². The van der Waals surface area contributed by atoms with Crippen LogP contribution in [0.4, 0.5) is 4.79 Å². The number of aliphatic hydroxyl groups is 1. The van der Waals surface area contributed by atoms with Gasteiger partial charge in [-0.25, -0.2) is 9.69 Å². The van der Waals surface area contributed by atoms with E-state index in [1.54, 1.807) is 39.3 Å². The molecular weight excluding hydrogens is 274 g/mol. The Kier molecular flexibility index (Phi) is 3.79. The molecule has 0 saturated heterocycles. The van der Waals surface area contributed by atoms with Crippen LogP contribution in [0.25, 0.3) is 0 Å². The first kappa shape index (κ1) is 15.5. The molecule has 1 atom stereocenters. The lowest BCUT2D eigenvalue weighted by Gasteiger charge is -2.33. The Labute approximate surface area is 123 Å². The highest BCUT2D eigenvalue weighted by Gasteiger charge is 2.39. The molecule has 2 amide bonds. The van der Waals surface area contributed by atoms with Crippen LogP contribution in [-0.2, 0) is 17.9 Å². The maximum absolute atomic E-state index is 12.6. The quantitative estimate of drug-likeness (QED) is 0.848. The first-order chi connectivity index (χ1) is 9.65. The van der Waals surface area contributed by atoms with Gasteiger partial charge in [0, 0.05) is 5.56 Å². The van der Waals surface area contributed by atoms with Gasteiger partial charge in [0.2, 0.25) is 0 Å². The van der Waals surface area contributed by atoms with Crippen molar-refractivity contribution in [2.75, 3.05) is 0 Å². The molecule has 0 bridgehead atoms. The van der Waals surface area contributed by atoms with Crippen molar-refractivity contribution in [1.82, 2.24) is 14.7 Å². The van der Waals surface area contributed by atoms with E-state index in [-0.39, 0.29) is 12.6 Å². The Morgan fingerprint density at radius 1 is 1.48 bits per heavy atom. The summed E-state index contributed by atoms with van der Waals surface area (Å²) in [5, 5.41) is 13.5. The summed E-state index contributed by atoms with van der Waals surface area (Å²) in [6.07, 6.45) is -0.655. The summed E-state index contributed by atoms with van der Waals surface area (Å²) in [6, 6.07) is -0.356. The Hall–Kier alpha value is -1.89. The number of carbonyl (C=O) groups is 2. The predicted octanol–water partition coefficient (Wildman–Crippen LogP) is 1.46. The molecule has 0 fully saturated rings. The number of hydrogen-bond acceptors (Lipinski definition) is 5. The molecule has 0 aliphatic carbocycles. The Balaban J connectivity index is 2.36. The zero-order valence-corrected chi connectivity index (χ0v) is 13.0. The molecule has 7 heteroatoms. The number of aliphatic hydroxyl groups excluding tert-OH is 1. The van der Waals surface area contributed by atoms with E-state index >= 15 is 0 Å². The van der Waals surface area contributed by atoms with E-state index in [1.165, 1.54) is 0 Å². The highest BCUT2D eigenvalue weighted by molar-refractivity contribution is 6.03. The van der Waals surface area contributed by atoms with Crippen LogP contribution >= 0.6 is 0 Å². The van der Waals surface area contributed by atoms with Crippen LogP contribution in [0, 0.1) is 6.92 Å². The molecule has 1 aromatic rings. The molecule has 21 heavy (non-hydrogen) atoms. The number of ether oxygens (including phenoxy) is 1. The molecule has 116 valence electrons. The summed E-state index contributed by atoms with van der Waals surface area (Å²) >= 11 is 0. The molecule has 2 heterocycles. The molecule has 0 saturated carbocycles. The van der Waals surface area contributed by atoms with Gasteiger partial charge in [-0.3, -0.25) is 9.48 Å². The van der Waals surface area contributed by atoms with E-state index in [4.69, 9.17) is 4.74 Å². The van der Waals surface area contributed by atoms with Crippen LogP contribution in [0.15, 0.2) is 0 Å². The summed E-state index contributed by atoms with van der Waals surface area (Å²) in [7, 11) is 0. The maximum Gasteiger partial charge on any atom is 0.417 e. The number of imide groups is 1. The van der Waals surface area contributed by atoms with Gasteiger partial charge < -0.3 is 9.84 Å². The van der Waals surface area contributed by atoms with Crippen molar-refractivity contribution in [3.8, 4) is 0 Å². The minimum atomic E-state index is -0.667. The largest absolute Gasteiger partial charge is 0.443 e. The summed E-state index contributed by atoms with van der Waals surface area (Å²) in [6.45, 7) is 8.89. The zero-order valence-electron chi connectivity index (χ0n) is 13.0. The van der Waals surface area contributed by atoms with E-state index in [2.05, 4.69) is 5.10 Å². The molecule has 1 aliphatic heterocycles. The van der Waals surface area contributed by atoms with Crippen molar-refractivity contribution in [2.45, 2.75) is 59.4 Å². The predicted molar refractivity (Wildman–Crippen MR) is 74.8 cm³/mol. The summed E-state index contributed by atoms with van der Waals surface area (Å²) < 4.78 is 6.84. The normalized spacial score (nSPS) is 18.7. The van der Waals surface area contributed by atoms with Crippen molar-refractivity contribution >= 4 is 12.0 Å². The molecule has 0 spiro atoms. The van der Waals surface area contributed by atoms with Crippen molar-refractivity contribution < 1.29 is 19.4 Å². The van der Waals surface area contributed by atoms with Gasteiger partial charge in [-0.2, -0.15) is 5.10 Å². The Morgan fingerprint density at radius 3 is 2.62 bits per heavy atom. The maximum atomic E-state index is 12.6. The molecule has 1 aliphatic rings. The van der Waals surface area contributed by atoms with Crippen LogP contribution < -0.4 is 0 Å². The van der Waals surface area contributed by atoms with E-state index in [0.717, 1.165) is 4.90 Å². The number of fused-ring (bicyclic) bond motifs is 1. The fourth-order valence-corrected chi connectivity index (χ4v) is 2.37. The van der Waals surface area contributed by atoms with Gasteiger partial charge in [0.25, 0.3) is 5.91 Å². The topological polar surface area (TPSA) is 84.7 Å². The van der Waals surface area contributed by atoms with Crippen LogP contribution in [0.3, 0.4) is 0 Å². The fourth-order valence-electron chi connectivity index (χ4n) is 2.37. The second kappa shape index (κ2) is 5.14. The molecule has 0 radical (unpaired) electrons. The van der Waals surface area contributed by atoms with E-state index < -0.39 is 17.6 Å². The lowest BCUT2D eigenvalue weighted by atomic mass is 10.1. The average molecular weight is 295 g/mol. The van der Waals surface area contributed by atoms with Crippen molar-refractivity contribution in [3.05, 3.63) is 17.0 Å². The summed E-state index contributed by atoms with van der Waals surface area (Å²) in [5.41, 5.74) is 0.725. The van der Waals surface area contributed by atoms with Crippen molar-refractivity contribution in [2.24, 2.45) is 0 Å². The SMILES string of the molecule is Cc1c(CO)nn2c1C(=O)N(C(=O)OC(C)(C)C)C(C)C2. The second-order valence-corrected chi connectivity index (χ2v) is 6.27. The third-order valence-corrected chi connectivity index (χ3v) is 3.33. The van der Waals surface area contributed by atoms with Gasteiger partial charge in [-0.15, -0.1) is 0 Å². The third-order valence-electron chi connectivity index (χ3n) is 3.33. The van der Waals surface area contributed by atoms with Crippen LogP contribution in [0.2, 0.25) is 0 Å².